The first-order chi connectivity index (χ1) is 9.45. The highest BCUT2D eigenvalue weighted by Crippen LogP contribution is 2.22. The van der Waals surface area contributed by atoms with Crippen LogP contribution in [0.3, 0.4) is 0 Å². The lowest BCUT2D eigenvalue weighted by Crippen LogP contribution is -2.50. The van der Waals surface area contributed by atoms with Gasteiger partial charge in [0.2, 0.25) is 0 Å². The third-order valence-corrected chi connectivity index (χ3v) is 3.11. The van der Waals surface area contributed by atoms with E-state index in [9.17, 15) is 14.4 Å². The number of amides is 3. The van der Waals surface area contributed by atoms with Crippen LogP contribution >= 0.6 is 0 Å². The van der Waals surface area contributed by atoms with Crippen molar-refractivity contribution < 1.29 is 19.5 Å². The number of nitrogens with zero attached hydrogens (tertiary/aromatic N) is 1. The number of nitrogens with two attached hydrogens (primary N) is 1. The first kappa shape index (κ1) is 13.9. The summed E-state index contributed by atoms with van der Waals surface area (Å²) < 4.78 is 0. The van der Waals surface area contributed by atoms with Crippen LogP contribution in [0.4, 0.5) is 10.5 Å². The third kappa shape index (κ3) is 3.25. The maximum absolute atomic E-state index is 12.1. The van der Waals surface area contributed by atoms with Crippen molar-refractivity contribution in [2.75, 3.05) is 18.4 Å². The predicted molar refractivity (Wildman–Crippen MR) is 71.3 cm³/mol. The van der Waals surface area contributed by atoms with E-state index in [0.717, 1.165) is 0 Å². The van der Waals surface area contributed by atoms with Gasteiger partial charge in [-0.05, 0) is 24.3 Å². The van der Waals surface area contributed by atoms with Gasteiger partial charge in [-0.15, -0.1) is 0 Å². The summed E-state index contributed by atoms with van der Waals surface area (Å²) in [5.41, 5.74) is 5.99. The molecule has 7 heteroatoms. The van der Waals surface area contributed by atoms with Gasteiger partial charge in [-0.3, -0.25) is 9.59 Å². The maximum Gasteiger partial charge on any atom is 0.316 e. The molecule has 0 radical (unpaired) electrons. The second kappa shape index (κ2) is 5.60. The van der Waals surface area contributed by atoms with E-state index in [1.54, 1.807) is 29.2 Å². The molecule has 1 saturated heterocycles. The van der Waals surface area contributed by atoms with Gasteiger partial charge in [-0.25, -0.2) is 4.79 Å². The van der Waals surface area contributed by atoms with E-state index >= 15 is 0 Å². The van der Waals surface area contributed by atoms with E-state index in [-0.39, 0.29) is 18.2 Å². The molecule has 0 bridgehead atoms. The monoisotopic (exact) mass is 277 g/mol. The first-order valence-electron chi connectivity index (χ1n) is 6.13. The van der Waals surface area contributed by atoms with Crippen LogP contribution in [0.15, 0.2) is 24.3 Å². The molecule has 20 heavy (non-hydrogen) atoms. The van der Waals surface area contributed by atoms with Crippen molar-refractivity contribution in [3.8, 4) is 0 Å². The van der Waals surface area contributed by atoms with Crippen LogP contribution in [-0.4, -0.2) is 41.0 Å². The summed E-state index contributed by atoms with van der Waals surface area (Å²) in [5, 5.41) is 11.1. The van der Waals surface area contributed by atoms with Gasteiger partial charge in [-0.2, -0.15) is 0 Å². The van der Waals surface area contributed by atoms with Gasteiger partial charge in [0, 0.05) is 30.3 Å². The Balaban J connectivity index is 1.91. The molecule has 1 aromatic rings. The molecule has 0 saturated carbocycles. The molecule has 0 spiro atoms. The lowest BCUT2D eigenvalue weighted by Gasteiger charge is -2.38. The molecule has 1 aromatic carbocycles. The number of benzene rings is 1. The van der Waals surface area contributed by atoms with Crippen molar-refractivity contribution in [1.82, 2.24) is 4.90 Å². The number of carbonyl (C=O) groups excluding carboxylic acids is 2. The fourth-order valence-corrected chi connectivity index (χ4v) is 2.13. The fourth-order valence-electron chi connectivity index (χ4n) is 2.13. The van der Waals surface area contributed by atoms with Crippen molar-refractivity contribution in [2.24, 2.45) is 11.7 Å². The molecule has 7 nitrogen and oxygen atoms in total. The van der Waals surface area contributed by atoms with Crippen LogP contribution in [0.1, 0.15) is 16.8 Å². The van der Waals surface area contributed by atoms with Gasteiger partial charge in [0.25, 0.3) is 5.91 Å². The largest absolute Gasteiger partial charge is 0.481 e. The summed E-state index contributed by atoms with van der Waals surface area (Å²) in [5.74, 6) is -0.950. The number of urea groups is 1. The summed E-state index contributed by atoms with van der Waals surface area (Å²) >= 11 is 0. The Labute approximate surface area is 115 Å². The van der Waals surface area contributed by atoms with Gasteiger partial charge in [-0.1, -0.05) is 0 Å². The predicted octanol–water partition coefficient (Wildman–Crippen LogP) is 0.724. The Morgan fingerprint density at radius 2 is 1.85 bits per heavy atom. The molecule has 0 aliphatic carbocycles. The molecule has 3 amide bonds. The minimum Gasteiger partial charge on any atom is -0.481 e. The van der Waals surface area contributed by atoms with E-state index in [4.69, 9.17) is 10.8 Å². The van der Waals surface area contributed by atoms with Crippen molar-refractivity contribution in [3.63, 3.8) is 0 Å². The summed E-state index contributed by atoms with van der Waals surface area (Å²) in [6.07, 6.45) is 0.0885. The molecule has 1 fully saturated rings. The molecule has 1 aliphatic heterocycles. The Bertz CT molecular complexity index is 535. The van der Waals surface area contributed by atoms with Crippen LogP contribution in [0.25, 0.3) is 0 Å². The van der Waals surface area contributed by atoms with E-state index < -0.39 is 12.0 Å². The number of primary amides is 1. The van der Waals surface area contributed by atoms with E-state index in [0.29, 0.717) is 24.3 Å². The number of likely N-dealkylation sites (tertiary alicyclic amines) is 1. The summed E-state index contributed by atoms with van der Waals surface area (Å²) in [6, 6.07) is 5.71. The molecule has 4 N–H and O–H groups in total. The van der Waals surface area contributed by atoms with Crippen LogP contribution < -0.4 is 11.1 Å². The van der Waals surface area contributed by atoms with Gasteiger partial charge in [0.1, 0.15) is 0 Å². The highest BCUT2D eigenvalue weighted by molar-refractivity contribution is 5.96. The second-order valence-corrected chi connectivity index (χ2v) is 4.74. The smallest absolute Gasteiger partial charge is 0.316 e. The molecular formula is C13H15N3O4. The zero-order valence-electron chi connectivity index (χ0n) is 10.7. The van der Waals surface area contributed by atoms with Gasteiger partial charge < -0.3 is 21.1 Å². The van der Waals surface area contributed by atoms with E-state index in [2.05, 4.69) is 5.32 Å². The first-order valence-corrected chi connectivity index (χ1v) is 6.13. The molecular weight excluding hydrogens is 262 g/mol. The molecule has 0 unspecified atom stereocenters. The van der Waals surface area contributed by atoms with E-state index in [1.807, 2.05) is 0 Å². The molecule has 0 aromatic heterocycles. The quantitative estimate of drug-likeness (QED) is 0.752. The normalized spacial score (nSPS) is 14.5. The average molecular weight is 277 g/mol. The van der Waals surface area contributed by atoms with Gasteiger partial charge >= 0.3 is 12.0 Å². The number of carboxylic acid groups (broad SMARTS) is 1. The van der Waals surface area contributed by atoms with Crippen LogP contribution in [-0.2, 0) is 4.79 Å². The van der Waals surface area contributed by atoms with Gasteiger partial charge in [0.15, 0.2) is 0 Å². The Hall–Kier alpha value is -2.57. The topological polar surface area (TPSA) is 113 Å². The number of rotatable bonds is 4. The van der Waals surface area contributed by atoms with Crippen LogP contribution in [0.5, 0.6) is 0 Å². The maximum atomic E-state index is 12.1. The molecule has 1 heterocycles. The van der Waals surface area contributed by atoms with Crippen LogP contribution in [0, 0.1) is 5.92 Å². The summed E-state index contributed by atoms with van der Waals surface area (Å²) in [7, 11) is 0. The van der Waals surface area contributed by atoms with Crippen LogP contribution in [0.2, 0.25) is 0 Å². The molecule has 2 rings (SSSR count). The second-order valence-electron chi connectivity index (χ2n) is 4.74. The average Bonchev–Trinajstić information content (AvgIpc) is 2.32. The number of nitrogens with one attached hydrogen (secondary N) is 1. The molecule has 1 aliphatic rings. The Kier molecular flexibility index (Phi) is 3.88. The lowest BCUT2D eigenvalue weighted by molar-refractivity contribution is -0.139. The number of carbonyl (C=O) groups is 3. The zero-order valence-corrected chi connectivity index (χ0v) is 10.7. The Morgan fingerprint density at radius 3 is 2.35 bits per heavy atom. The zero-order chi connectivity index (χ0) is 14.7. The molecule has 0 atom stereocenters. The number of anilines is 1. The Morgan fingerprint density at radius 1 is 1.25 bits per heavy atom. The van der Waals surface area contributed by atoms with Gasteiger partial charge in [0.05, 0.1) is 6.42 Å². The fraction of sp³-hybridized carbons (Fsp3) is 0.308. The van der Waals surface area contributed by atoms with Crippen molar-refractivity contribution >= 4 is 23.6 Å². The number of aliphatic carboxylic acids is 1. The number of carboxylic acids is 1. The standard InChI is InChI=1S/C13H15N3O4/c14-13(20)15-10-3-1-9(2-4-10)12(19)16-6-8(7-16)5-11(17)18/h1-4,8H,5-7H2,(H,17,18)(H3,14,15,20). The van der Waals surface area contributed by atoms with E-state index in [1.165, 1.54) is 0 Å². The van der Waals surface area contributed by atoms with Crippen molar-refractivity contribution in [3.05, 3.63) is 29.8 Å². The molecule has 106 valence electrons. The SMILES string of the molecule is NC(=O)Nc1ccc(C(=O)N2CC(CC(=O)O)C2)cc1. The summed E-state index contributed by atoms with van der Waals surface area (Å²) in [6.45, 7) is 0.929. The minimum atomic E-state index is -0.844. The number of hydrogen-bond acceptors (Lipinski definition) is 3. The third-order valence-electron chi connectivity index (χ3n) is 3.11. The van der Waals surface area contributed by atoms with Crippen molar-refractivity contribution in [1.29, 1.82) is 0 Å². The number of hydrogen-bond donors (Lipinski definition) is 3. The highest BCUT2D eigenvalue weighted by atomic mass is 16.4. The van der Waals surface area contributed by atoms with Crippen molar-refractivity contribution in [2.45, 2.75) is 6.42 Å². The lowest BCUT2D eigenvalue weighted by atomic mass is 9.95. The summed E-state index contributed by atoms with van der Waals surface area (Å²) in [4.78, 5) is 34.8. The highest BCUT2D eigenvalue weighted by Gasteiger charge is 2.32. The minimum absolute atomic E-state index is 0.0345.